The normalized spacial score (nSPS) is 33.8. The number of hydrogen-bond acceptors (Lipinski definition) is 1. The molecule has 0 N–H and O–H groups in total. The number of aryl methyl sites for hydroxylation is 1. The Kier molecular flexibility index (Phi) is 3.03. The van der Waals surface area contributed by atoms with E-state index in [4.69, 9.17) is 4.74 Å². The molecule has 3 unspecified atom stereocenters. The van der Waals surface area contributed by atoms with E-state index in [1.165, 1.54) is 30.4 Å². The van der Waals surface area contributed by atoms with Gasteiger partial charge in [0.1, 0.15) is 0 Å². The summed E-state index contributed by atoms with van der Waals surface area (Å²) in [6.45, 7) is 6.56. The Bertz CT molecular complexity index is 436. The van der Waals surface area contributed by atoms with Crippen molar-refractivity contribution in [3.05, 3.63) is 48.0 Å². The molecule has 0 spiro atoms. The fourth-order valence-electron chi connectivity index (χ4n) is 3.17. The van der Waals surface area contributed by atoms with Gasteiger partial charge in [-0.05, 0) is 50.5 Å². The lowest BCUT2D eigenvalue weighted by Gasteiger charge is -2.24. The van der Waals surface area contributed by atoms with Crippen LogP contribution in [-0.4, -0.2) is 11.7 Å². The van der Waals surface area contributed by atoms with E-state index in [2.05, 4.69) is 43.8 Å². The van der Waals surface area contributed by atoms with Crippen LogP contribution in [0.3, 0.4) is 0 Å². The number of allylic oxidation sites excluding steroid dienone is 1. The smallest absolute Gasteiger partial charge is 0.0920 e. The Balaban J connectivity index is 1.50. The van der Waals surface area contributed by atoms with Gasteiger partial charge in [-0.15, -0.1) is 0 Å². The molecule has 2 aliphatic rings. The average Bonchev–Trinajstić information content (AvgIpc) is 3.07. The molecule has 1 nitrogen and oxygen atoms in total. The molecule has 0 amide bonds. The largest absolute Gasteiger partial charge is 0.366 e. The molecule has 1 aliphatic carbocycles. The summed E-state index contributed by atoms with van der Waals surface area (Å²) in [5, 5.41) is 0. The van der Waals surface area contributed by atoms with E-state index in [-0.39, 0.29) is 5.60 Å². The van der Waals surface area contributed by atoms with Crippen molar-refractivity contribution in [1.29, 1.82) is 0 Å². The summed E-state index contributed by atoms with van der Waals surface area (Å²) in [7, 11) is 0. The lowest BCUT2D eigenvalue weighted by atomic mass is 9.78. The zero-order chi connectivity index (χ0) is 12.6. The number of benzene rings is 1. The fraction of sp³-hybridized carbons (Fsp3) is 0.529. The molecule has 3 rings (SSSR count). The van der Waals surface area contributed by atoms with Crippen LogP contribution >= 0.6 is 0 Å². The first-order valence-electron chi connectivity index (χ1n) is 7.07. The van der Waals surface area contributed by atoms with Crippen LogP contribution in [0.15, 0.2) is 42.5 Å². The molecular formula is C17H22O. The van der Waals surface area contributed by atoms with Gasteiger partial charge in [0.2, 0.25) is 0 Å². The monoisotopic (exact) mass is 242 g/mol. The van der Waals surface area contributed by atoms with Crippen LogP contribution in [-0.2, 0) is 11.2 Å². The predicted molar refractivity (Wildman–Crippen MR) is 74.5 cm³/mol. The van der Waals surface area contributed by atoms with Crippen molar-refractivity contribution in [2.45, 2.75) is 50.7 Å². The third-order valence-corrected chi connectivity index (χ3v) is 4.68. The Morgan fingerprint density at radius 1 is 1.39 bits per heavy atom. The molecule has 1 saturated carbocycles. The molecule has 1 aromatic carbocycles. The molecule has 1 aliphatic heterocycles. The third-order valence-electron chi connectivity index (χ3n) is 4.68. The van der Waals surface area contributed by atoms with E-state index in [0.29, 0.717) is 12.0 Å². The van der Waals surface area contributed by atoms with E-state index < -0.39 is 0 Å². The van der Waals surface area contributed by atoms with Crippen molar-refractivity contribution in [1.82, 2.24) is 0 Å². The number of fused-ring (bicyclic) bond motifs is 1. The van der Waals surface area contributed by atoms with Crippen LogP contribution < -0.4 is 0 Å². The minimum Gasteiger partial charge on any atom is -0.366 e. The van der Waals surface area contributed by atoms with E-state index in [9.17, 15) is 0 Å². The molecule has 0 radical (unpaired) electrons. The number of rotatable bonds is 4. The minimum absolute atomic E-state index is 0.232. The third kappa shape index (κ3) is 2.37. The first-order valence-corrected chi connectivity index (χ1v) is 7.07. The van der Waals surface area contributed by atoms with Gasteiger partial charge in [0.05, 0.1) is 11.7 Å². The van der Waals surface area contributed by atoms with Gasteiger partial charge in [-0.25, -0.2) is 0 Å². The van der Waals surface area contributed by atoms with Gasteiger partial charge in [-0.3, -0.25) is 0 Å². The van der Waals surface area contributed by atoms with Gasteiger partial charge in [0.15, 0.2) is 0 Å². The van der Waals surface area contributed by atoms with Crippen LogP contribution in [0.4, 0.5) is 0 Å². The zero-order valence-corrected chi connectivity index (χ0v) is 11.2. The second-order valence-electron chi connectivity index (χ2n) is 6.03. The van der Waals surface area contributed by atoms with Crippen molar-refractivity contribution in [3.63, 3.8) is 0 Å². The predicted octanol–water partition coefficient (Wildman–Crippen LogP) is 4.13. The molecule has 3 atom stereocenters. The summed E-state index contributed by atoms with van der Waals surface area (Å²) in [4.78, 5) is 0. The van der Waals surface area contributed by atoms with Gasteiger partial charge < -0.3 is 4.74 Å². The molecule has 2 fully saturated rings. The molecule has 1 heteroatoms. The van der Waals surface area contributed by atoms with Crippen LogP contribution in [0.2, 0.25) is 0 Å². The SMILES string of the molecule is C=C(CCc1ccccc1)C1CCC2(C)OC2C1. The summed E-state index contributed by atoms with van der Waals surface area (Å²) >= 11 is 0. The quantitative estimate of drug-likeness (QED) is 0.571. The Morgan fingerprint density at radius 3 is 2.89 bits per heavy atom. The summed E-state index contributed by atoms with van der Waals surface area (Å²) in [5.74, 6) is 0.689. The number of epoxide rings is 1. The molecule has 1 heterocycles. The van der Waals surface area contributed by atoms with E-state index in [0.717, 1.165) is 12.8 Å². The Labute approximate surface area is 110 Å². The van der Waals surface area contributed by atoms with Crippen LogP contribution in [0.25, 0.3) is 0 Å². The first kappa shape index (κ1) is 12.0. The van der Waals surface area contributed by atoms with Crippen LogP contribution in [0.5, 0.6) is 0 Å². The minimum atomic E-state index is 0.232. The van der Waals surface area contributed by atoms with Crippen molar-refractivity contribution in [2.75, 3.05) is 0 Å². The maximum absolute atomic E-state index is 5.77. The molecule has 1 aromatic rings. The highest BCUT2D eigenvalue weighted by Gasteiger charge is 2.55. The number of hydrogen-bond donors (Lipinski definition) is 0. The van der Waals surface area contributed by atoms with Crippen molar-refractivity contribution >= 4 is 0 Å². The highest BCUT2D eigenvalue weighted by atomic mass is 16.6. The number of ether oxygens (including phenoxy) is 1. The van der Waals surface area contributed by atoms with E-state index in [1.807, 2.05) is 0 Å². The summed E-state index contributed by atoms with van der Waals surface area (Å²) in [5.41, 5.74) is 3.08. The zero-order valence-electron chi connectivity index (χ0n) is 11.2. The molecule has 18 heavy (non-hydrogen) atoms. The molecule has 0 bridgehead atoms. The Hall–Kier alpha value is -1.08. The average molecular weight is 242 g/mol. The summed E-state index contributed by atoms with van der Waals surface area (Å²) in [6, 6.07) is 10.7. The van der Waals surface area contributed by atoms with Gasteiger partial charge in [0.25, 0.3) is 0 Å². The van der Waals surface area contributed by atoms with Crippen molar-refractivity contribution < 1.29 is 4.74 Å². The first-order chi connectivity index (χ1) is 8.67. The fourth-order valence-corrected chi connectivity index (χ4v) is 3.17. The lowest BCUT2D eigenvalue weighted by molar-refractivity contribution is 0.303. The van der Waals surface area contributed by atoms with Crippen molar-refractivity contribution in [2.24, 2.45) is 5.92 Å². The van der Waals surface area contributed by atoms with Gasteiger partial charge in [-0.2, -0.15) is 0 Å². The highest BCUT2D eigenvalue weighted by molar-refractivity contribution is 5.18. The molecular weight excluding hydrogens is 220 g/mol. The van der Waals surface area contributed by atoms with Crippen LogP contribution in [0, 0.1) is 5.92 Å². The van der Waals surface area contributed by atoms with Gasteiger partial charge in [-0.1, -0.05) is 42.5 Å². The standard InChI is InChI=1S/C17H22O/c1-13(8-9-14-6-4-3-5-7-14)15-10-11-17(2)16(12-15)18-17/h3-7,15-16H,1,8-12H2,2H3. The second-order valence-corrected chi connectivity index (χ2v) is 6.03. The topological polar surface area (TPSA) is 12.5 Å². The Morgan fingerprint density at radius 2 is 2.17 bits per heavy atom. The van der Waals surface area contributed by atoms with Gasteiger partial charge >= 0.3 is 0 Å². The maximum atomic E-state index is 5.77. The summed E-state index contributed by atoms with van der Waals surface area (Å²) < 4.78 is 5.77. The molecule has 96 valence electrons. The van der Waals surface area contributed by atoms with Crippen LogP contribution in [0.1, 0.15) is 38.2 Å². The molecule has 1 saturated heterocycles. The lowest BCUT2D eigenvalue weighted by Crippen LogP contribution is -2.22. The summed E-state index contributed by atoms with van der Waals surface area (Å²) in [6.07, 6.45) is 6.44. The van der Waals surface area contributed by atoms with E-state index >= 15 is 0 Å². The van der Waals surface area contributed by atoms with Gasteiger partial charge in [0, 0.05) is 0 Å². The van der Waals surface area contributed by atoms with E-state index in [1.54, 1.807) is 0 Å². The highest BCUT2D eigenvalue weighted by Crippen LogP contribution is 2.50. The molecule has 0 aromatic heterocycles. The second kappa shape index (κ2) is 4.55. The maximum Gasteiger partial charge on any atom is 0.0920 e. The van der Waals surface area contributed by atoms with Crippen molar-refractivity contribution in [3.8, 4) is 0 Å².